The molecule has 1 saturated heterocycles. The Hall–Kier alpha value is -1.30. The van der Waals surface area contributed by atoms with Gasteiger partial charge in [-0.05, 0) is 0 Å². The lowest BCUT2D eigenvalue weighted by Gasteiger charge is -2.18. The third-order valence-corrected chi connectivity index (χ3v) is 1.83. The topological polar surface area (TPSA) is 78.9 Å². The molecule has 0 aromatic carbocycles. The van der Waals surface area contributed by atoms with E-state index in [1.165, 1.54) is 4.90 Å². The van der Waals surface area contributed by atoms with Crippen molar-refractivity contribution in [3.8, 4) is 0 Å². The maximum absolute atomic E-state index is 11.4. The van der Waals surface area contributed by atoms with Crippen molar-refractivity contribution >= 4 is 12.0 Å². The zero-order valence-electron chi connectivity index (χ0n) is 7.32. The predicted octanol–water partition coefficient (Wildman–Crippen LogP) is -0.889. The minimum Gasteiger partial charge on any atom is -0.465 e. The molecule has 6 heteroatoms. The molecule has 0 bridgehead atoms. The SMILES string of the molecule is CN1CCOCC(NC(=O)O)C1=O. The first-order chi connectivity index (χ1) is 6.11. The largest absolute Gasteiger partial charge is 0.465 e. The van der Waals surface area contributed by atoms with Crippen molar-refractivity contribution in [1.29, 1.82) is 0 Å². The normalized spacial score (nSPS) is 23.9. The summed E-state index contributed by atoms with van der Waals surface area (Å²) in [7, 11) is 1.62. The van der Waals surface area contributed by atoms with Crippen LogP contribution in [-0.4, -0.2) is 54.9 Å². The zero-order valence-corrected chi connectivity index (χ0v) is 7.32. The highest BCUT2D eigenvalue weighted by molar-refractivity contribution is 5.85. The van der Waals surface area contributed by atoms with Gasteiger partial charge in [-0.15, -0.1) is 0 Å². The van der Waals surface area contributed by atoms with E-state index in [4.69, 9.17) is 9.84 Å². The first-order valence-corrected chi connectivity index (χ1v) is 3.93. The number of ether oxygens (including phenoxy) is 1. The molecule has 0 radical (unpaired) electrons. The van der Waals surface area contributed by atoms with Gasteiger partial charge in [-0.2, -0.15) is 0 Å². The van der Waals surface area contributed by atoms with E-state index in [0.29, 0.717) is 13.2 Å². The number of nitrogens with zero attached hydrogens (tertiary/aromatic N) is 1. The van der Waals surface area contributed by atoms with Gasteiger partial charge in [0.25, 0.3) is 0 Å². The van der Waals surface area contributed by atoms with Crippen molar-refractivity contribution in [3.05, 3.63) is 0 Å². The quantitative estimate of drug-likeness (QED) is 0.559. The van der Waals surface area contributed by atoms with Crippen molar-refractivity contribution in [3.63, 3.8) is 0 Å². The maximum atomic E-state index is 11.4. The summed E-state index contributed by atoms with van der Waals surface area (Å²) in [6.45, 7) is 1.05. The highest BCUT2D eigenvalue weighted by atomic mass is 16.5. The molecule has 2 amide bonds. The molecule has 1 aliphatic rings. The monoisotopic (exact) mass is 188 g/mol. The molecule has 0 aromatic heterocycles. The highest BCUT2D eigenvalue weighted by Gasteiger charge is 2.26. The van der Waals surface area contributed by atoms with Crippen molar-refractivity contribution in [2.75, 3.05) is 26.8 Å². The van der Waals surface area contributed by atoms with Gasteiger partial charge in [-0.1, -0.05) is 0 Å². The number of nitrogens with one attached hydrogen (secondary N) is 1. The van der Waals surface area contributed by atoms with Crippen LogP contribution in [0.2, 0.25) is 0 Å². The van der Waals surface area contributed by atoms with E-state index in [-0.39, 0.29) is 12.5 Å². The van der Waals surface area contributed by atoms with Gasteiger partial charge in [0, 0.05) is 13.6 Å². The van der Waals surface area contributed by atoms with Gasteiger partial charge in [0.15, 0.2) is 0 Å². The second-order valence-electron chi connectivity index (χ2n) is 2.84. The number of rotatable bonds is 1. The number of carbonyl (C=O) groups excluding carboxylic acids is 1. The summed E-state index contributed by atoms with van der Waals surface area (Å²) in [5.41, 5.74) is 0. The van der Waals surface area contributed by atoms with E-state index in [1.54, 1.807) is 7.05 Å². The Morgan fingerprint density at radius 2 is 2.46 bits per heavy atom. The number of carbonyl (C=O) groups is 2. The van der Waals surface area contributed by atoms with Gasteiger partial charge in [0.2, 0.25) is 5.91 Å². The molecular formula is C7H12N2O4. The molecule has 74 valence electrons. The van der Waals surface area contributed by atoms with E-state index < -0.39 is 12.1 Å². The molecule has 1 aliphatic heterocycles. The molecular weight excluding hydrogens is 176 g/mol. The third kappa shape index (κ3) is 2.59. The van der Waals surface area contributed by atoms with Gasteiger partial charge >= 0.3 is 6.09 Å². The fourth-order valence-electron chi connectivity index (χ4n) is 1.10. The molecule has 1 rings (SSSR count). The fraction of sp³-hybridized carbons (Fsp3) is 0.714. The number of hydrogen-bond acceptors (Lipinski definition) is 3. The van der Waals surface area contributed by atoms with Crippen LogP contribution in [0.5, 0.6) is 0 Å². The summed E-state index contributed by atoms with van der Waals surface area (Å²) < 4.78 is 5.06. The Bertz CT molecular complexity index is 219. The number of carboxylic acid groups (broad SMARTS) is 1. The molecule has 1 fully saturated rings. The van der Waals surface area contributed by atoms with Crippen LogP contribution in [0.4, 0.5) is 4.79 Å². The van der Waals surface area contributed by atoms with Gasteiger partial charge in [-0.25, -0.2) is 4.79 Å². The number of likely N-dealkylation sites (N-methyl/N-ethyl adjacent to an activating group) is 1. The second-order valence-corrected chi connectivity index (χ2v) is 2.84. The summed E-state index contributed by atoms with van der Waals surface area (Å²) in [5, 5.41) is 10.5. The van der Waals surface area contributed by atoms with Crippen LogP contribution >= 0.6 is 0 Å². The van der Waals surface area contributed by atoms with Crippen molar-refractivity contribution < 1.29 is 19.4 Å². The number of hydrogen-bond donors (Lipinski definition) is 2. The Kier molecular flexibility index (Phi) is 3.07. The van der Waals surface area contributed by atoms with Gasteiger partial charge in [0.1, 0.15) is 6.04 Å². The minimum absolute atomic E-state index is 0.107. The molecule has 1 unspecified atom stereocenters. The van der Waals surface area contributed by atoms with Crippen molar-refractivity contribution in [1.82, 2.24) is 10.2 Å². The molecule has 0 saturated carbocycles. The summed E-state index contributed by atoms with van der Waals surface area (Å²) in [6, 6.07) is -0.773. The molecule has 13 heavy (non-hydrogen) atoms. The average molecular weight is 188 g/mol. The van der Waals surface area contributed by atoms with Crippen LogP contribution in [0.3, 0.4) is 0 Å². The molecule has 0 spiro atoms. The smallest absolute Gasteiger partial charge is 0.405 e. The average Bonchev–Trinajstić information content (AvgIpc) is 2.19. The molecule has 2 N–H and O–H groups in total. The van der Waals surface area contributed by atoms with Crippen LogP contribution in [0.25, 0.3) is 0 Å². The van der Waals surface area contributed by atoms with E-state index >= 15 is 0 Å². The molecule has 1 heterocycles. The zero-order chi connectivity index (χ0) is 9.84. The first-order valence-electron chi connectivity index (χ1n) is 3.93. The van der Waals surface area contributed by atoms with Crippen LogP contribution in [0, 0.1) is 0 Å². The Balaban J connectivity index is 2.59. The highest BCUT2D eigenvalue weighted by Crippen LogP contribution is 1.99. The molecule has 0 aromatic rings. The van der Waals surface area contributed by atoms with E-state index in [0.717, 1.165) is 0 Å². The van der Waals surface area contributed by atoms with Gasteiger partial charge in [0.05, 0.1) is 13.2 Å². The molecule has 1 atom stereocenters. The Morgan fingerprint density at radius 3 is 3.08 bits per heavy atom. The van der Waals surface area contributed by atoms with Crippen molar-refractivity contribution in [2.24, 2.45) is 0 Å². The maximum Gasteiger partial charge on any atom is 0.405 e. The molecule has 6 nitrogen and oxygen atoms in total. The fourth-order valence-corrected chi connectivity index (χ4v) is 1.10. The minimum atomic E-state index is -1.21. The summed E-state index contributed by atoms with van der Waals surface area (Å²) in [5.74, 6) is -0.250. The van der Waals surface area contributed by atoms with Crippen LogP contribution in [0.15, 0.2) is 0 Å². The third-order valence-electron chi connectivity index (χ3n) is 1.83. The Labute approximate surface area is 75.5 Å². The lowest BCUT2D eigenvalue weighted by atomic mass is 10.3. The van der Waals surface area contributed by atoms with Crippen LogP contribution in [0.1, 0.15) is 0 Å². The predicted molar refractivity (Wildman–Crippen MR) is 43.4 cm³/mol. The van der Waals surface area contributed by atoms with Crippen molar-refractivity contribution in [2.45, 2.75) is 6.04 Å². The van der Waals surface area contributed by atoms with E-state index in [2.05, 4.69) is 5.32 Å². The first kappa shape index (κ1) is 9.79. The van der Waals surface area contributed by atoms with Gasteiger partial charge in [-0.3, -0.25) is 4.79 Å². The van der Waals surface area contributed by atoms with Gasteiger partial charge < -0.3 is 20.1 Å². The lowest BCUT2D eigenvalue weighted by molar-refractivity contribution is -0.131. The van der Waals surface area contributed by atoms with E-state index in [1.807, 2.05) is 0 Å². The Morgan fingerprint density at radius 1 is 1.77 bits per heavy atom. The number of amides is 2. The van der Waals surface area contributed by atoms with Crippen LogP contribution < -0.4 is 5.32 Å². The summed E-state index contributed by atoms with van der Waals surface area (Å²) in [6.07, 6.45) is -1.21. The summed E-state index contributed by atoms with van der Waals surface area (Å²) >= 11 is 0. The van der Waals surface area contributed by atoms with E-state index in [9.17, 15) is 9.59 Å². The standard InChI is InChI=1S/C7H12N2O4/c1-9-2-3-13-4-5(6(9)10)8-7(11)12/h5,8H,2-4H2,1H3,(H,11,12). The summed E-state index contributed by atoms with van der Waals surface area (Å²) in [4.78, 5) is 23.1. The van der Waals surface area contributed by atoms with Crippen LogP contribution in [-0.2, 0) is 9.53 Å². The lowest BCUT2D eigenvalue weighted by Crippen LogP contribution is -2.47. The molecule has 0 aliphatic carbocycles. The second kappa shape index (κ2) is 4.08.